The van der Waals surface area contributed by atoms with Crippen LogP contribution >= 0.6 is 7.52 Å². The second-order valence-corrected chi connectivity index (χ2v) is 3.87. The molecule has 0 aromatic heterocycles. The normalized spacial score (nSPS) is 16.2. The van der Waals surface area contributed by atoms with Gasteiger partial charge in [0.15, 0.2) is 0 Å². The summed E-state index contributed by atoms with van der Waals surface area (Å²) >= 11 is 0. The lowest BCUT2D eigenvalue weighted by Crippen LogP contribution is -2.08. The molecule has 0 spiro atoms. The zero-order valence-corrected chi connectivity index (χ0v) is 6.67. The fourth-order valence-corrected chi connectivity index (χ4v) is 1.15. The van der Waals surface area contributed by atoms with Crippen LogP contribution in [0.25, 0.3) is 0 Å². The summed E-state index contributed by atoms with van der Waals surface area (Å²) in [7, 11) is -1.94. The lowest BCUT2D eigenvalue weighted by Gasteiger charge is -2.00. The van der Waals surface area contributed by atoms with E-state index in [1.54, 1.807) is 7.05 Å². The van der Waals surface area contributed by atoms with E-state index in [0.717, 1.165) is 0 Å². The molecule has 10 heavy (non-hydrogen) atoms. The topological polar surface area (TPSA) is 78.8 Å². The molecule has 0 aromatic rings. The summed E-state index contributed by atoms with van der Waals surface area (Å²) in [6.45, 7) is 0.625. The molecule has 0 aliphatic heterocycles. The van der Waals surface area contributed by atoms with Crippen molar-refractivity contribution in [3.63, 3.8) is 0 Å². The molecule has 0 saturated heterocycles. The quantitative estimate of drug-likeness (QED) is 0.355. The second kappa shape index (κ2) is 4.55. The van der Waals surface area contributed by atoms with E-state index in [4.69, 9.17) is 4.89 Å². The molecule has 60 valence electrons. The second-order valence-electron chi connectivity index (χ2n) is 1.93. The highest BCUT2D eigenvalue weighted by atomic mass is 31.2. The molecular formula is C4H11N2O3P. The summed E-state index contributed by atoms with van der Waals surface area (Å²) in [6.07, 6.45) is 0.466. The molecule has 0 fully saturated rings. The van der Waals surface area contributed by atoms with Gasteiger partial charge in [-0.05, 0) is 20.0 Å². The van der Waals surface area contributed by atoms with Crippen LogP contribution in [0.3, 0.4) is 0 Å². The molecule has 6 heteroatoms. The molecule has 1 unspecified atom stereocenters. The Morgan fingerprint density at radius 1 is 1.70 bits per heavy atom. The third kappa shape index (κ3) is 4.61. The van der Waals surface area contributed by atoms with Gasteiger partial charge in [-0.2, -0.15) is 0 Å². The van der Waals surface area contributed by atoms with E-state index in [2.05, 4.69) is 10.3 Å². The first-order valence-electron chi connectivity index (χ1n) is 2.93. The van der Waals surface area contributed by atoms with Gasteiger partial charge in [-0.1, -0.05) is 0 Å². The van der Waals surface area contributed by atoms with E-state index in [0.29, 0.717) is 13.0 Å². The average Bonchev–Trinajstić information content (AvgIpc) is 1.89. The highest BCUT2D eigenvalue weighted by molar-refractivity contribution is 7.56. The lowest BCUT2D eigenvalue weighted by atomic mass is 10.5. The van der Waals surface area contributed by atoms with E-state index < -0.39 is 7.52 Å². The zero-order valence-electron chi connectivity index (χ0n) is 5.78. The summed E-state index contributed by atoms with van der Waals surface area (Å²) in [4.78, 5) is 20.4. The first-order chi connectivity index (χ1) is 4.62. The highest BCUT2D eigenvalue weighted by Gasteiger charge is 2.16. The molecule has 0 saturated carbocycles. The van der Waals surface area contributed by atoms with Crippen LogP contribution in [0, 0.1) is 4.91 Å². The van der Waals surface area contributed by atoms with Crippen LogP contribution in [-0.2, 0) is 4.57 Å². The minimum absolute atomic E-state index is 0.0304. The highest BCUT2D eigenvalue weighted by Crippen LogP contribution is 2.41. The number of nitrogens with zero attached hydrogens (tertiary/aromatic N) is 1. The Labute approximate surface area is 59.3 Å². The van der Waals surface area contributed by atoms with Crippen LogP contribution in [0.1, 0.15) is 6.42 Å². The minimum atomic E-state index is -3.67. The Bertz CT molecular complexity index is 149. The van der Waals surface area contributed by atoms with Gasteiger partial charge in [0, 0.05) is 11.1 Å². The van der Waals surface area contributed by atoms with Gasteiger partial charge in [-0.25, -0.2) is 0 Å². The third-order valence-corrected chi connectivity index (χ3v) is 2.16. The van der Waals surface area contributed by atoms with Crippen molar-refractivity contribution in [2.45, 2.75) is 6.42 Å². The van der Waals surface area contributed by atoms with Crippen LogP contribution in [-0.4, -0.2) is 24.6 Å². The Hall–Kier alpha value is -0.250. The van der Waals surface area contributed by atoms with Crippen LogP contribution in [0.15, 0.2) is 4.95 Å². The van der Waals surface area contributed by atoms with Crippen LogP contribution in [0.4, 0.5) is 0 Å². The molecule has 0 bridgehead atoms. The average molecular weight is 166 g/mol. The smallest absolute Gasteiger partial charge is 0.326 e. The molecule has 0 radical (unpaired) electrons. The molecule has 2 N–H and O–H groups in total. The number of hydrogen-bond donors (Lipinski definition) is 2. The Morgan fingerprint density at radius 2 is 2.30 bits per heavy atom. The number of nitroso groups, excluding NO2 is 1. The lowest BCUT2D eigenvalue weighted by molar-refractivity contribution is 0.477. The van der Waals surface area contributed by atoms with E-state index in [9.17, 15) is 9.47 Å². The van der Waals surface area contributed by atoms with Crippen molar-refractivity contribution in [3.8, 4) is 0 Å². The molecule has 1 atom stereocenters. The van der Waals surface area contributed by atoms with Gasteiger partial charge in [0.2, 0.25) is 0 Å². The van der Waals surface area contributed by atoms with Crippen molar-refractivity contribution in [3.05, 3.63) is 4.91 Å². The molecule has 0 aliphatic rings. The van der Waals surface area contributed by atoms with Crippen molar-refractivity contribution >= 4 is 7.52 Å². The van der Waals surface area contributed by atoms with Gasteiger partial charge >= 0.3 is 7.52 Å². The van der Waals surface area contributed by atoms with Crippen molar-refractivity contribution in [1.82, 2.24) is 5.32 Å². The van der Waals surface area contributed by atoms with Crippen molar-refractivity contribution in [1.29, 1.82) is 0 Å². The Kier molecular flexibility index (Phi) is 4.43. The van der Waals surface area contributed by atoms with Crippen molar-refractivity contribution in [2.75, 3.05) is 19.8 Å². The van der Waals surface area contributed by atoms with Gasteiger partial charge in [0.1, 0.15) is 0 Å². The van der Waals surface area contributed by atoms with E-state index in [1.807, 2.05) is 0 Å². The van der Waals surface area contributed by atoms with Crippen LogP contribution in [0.2, 0.25) is 0 Å². The number of nitrogens with one attached hydrogen (secondary N) is 1. The molecule has 0 aromatic carbocycles. The maximum atomic E-state index is 10.5. The molecule has 5 nitrogen and oxygen atoms in total. The van der Waals surface area contributed by atoms with Gasteiger partial charge < -0.3 is 10.2 Å². The third-order valence-electron chi connectivity index (χ3n) is 1.00. The van der Waals surface area contributed by atoms with Gasteiger partial charge in [0.25, 0.3) is 0 Å². The summed E-state index contributed by atoms with van der Waals surface area (Å²) in [5.41, 5.74) is 0. The van der Waals surface area contributed by atoms with E-state index in [-0.39, 0.29) is 6.16 Å². The fourth-order valence-electron chi connectivity index (χ4n) is 0.503. The summed E-state index contributed by atoms with van der Waals surface area (Å²) in [5, 5.41) is 2.79. The summed E-state index contributed by atoms with van der Waals surface area (Å²) in [5.74, 6) is 0. The van der Waals surface area contributed by atoms with Gasteiger partial charge in [-0.15, -0.1) is 4.91 Å². The molecule has 0 rings (SSSR count). The number of hydrogen-bond acceptors (Lipinski definition) is 3. The minimum Gasteiger partial charge on any atom is -0.326 e. The monoisotopic (exact) mass is 166 g/mol. The summed E-state index contributed by atoms with van der Waals surface area (Å²) < 4.78 is 10.5. The maximum absolute atomic E-state index is 10.5. The first-order valence-corrected chi connectivity index (χ1v) is 4.73. The fraction of sp³-hybridized carbons (Fsp3) is 1.00. The first kappa shape index (κ1) is 9.75. The SMILES string of the molecule is CNCCCP(=O)(O)N=O. The largest absolute Gasteiger partial charge is 0.350 e. The predicted molar refractivity (Wildman–Crippen MR) is 39.0 cm³/mol. The van der Waals surface area contributed by atoms with E-state index >= 15 is 0 Å². The van der Waals surface area contributed by atoms with Crippen molar-refractivity contribution in [2.24, 2.45) is 4.95 Å². The maximum Gasteiger partial charge on any atom is 0.350 e. The number of rotatable bonds is 5. The predicted octanol–water partition coefficient (Wildman–Crippen LogP) is 0.548. The van der Waals surface area contributed by atoms with Gasteiger partial charge in [0.05, 0.1) is 0 Å². The van der Waals surface area contributed by atoms with E-state index in [1.165, 1.54) is 0 Å². The zero-order chi connectivity index (χ0) is 8.04. The summed E-state index contributed by atoms with van der Waals surface area (Å²) in [6, 6.07) is 0. The molecule has 0 amide bonds. The van der Waals surface area contributed by atoms with Crippen LogP contribution in [0.5, 0.6) is 0 Å². The standard InChI is InChI=1S/C4H11N2O3P/c1-5-3-2-4-10(8,9)6-7/h5H,2-4H2,1H3,(H,8,9). The molecular weight excluding hydrogens is 155 g/mol. The Morgan fingerprint density at radius 3 is 2.70 bits per heavy atom. The van der Waals surface area contributed by atoms with Crippen LogP contribution < -0.4 is 5.32 Å². The van der Waals surface area contributed by atoms with Gasteiger partial charge in [-0.3, -0.25) is 4.57 Å². The Balaban J connectivity index is 3.47. The van der Waals surface area contributed by atoms with Crippen molar-refractivity contribution < 1.29 is 9.46 Å². The molecule has 0 aliphatic carbocycles. The molecule has 0 heterocycles.